The van der Waals surface area contributed by atoms with Gasteiger partial charge in [-0.2, -0.15) is 0 Å². The molecule has 0 N–H and O–H groups in total. The second-order valence-corrected chi connectivity index (χ2v) is 6.77. The number of hydrogen-bond donors (Lipinski definition) is 0. The Morgan fingerprint density at radius 1 is 1.38 bits per heavy atom. The molecule has 0 unspecified atom stereocenters. The molecule has 1 aromatic heterocycles. The highest BCUT2D eigenvalue weighted by Crippen LogP contribution is 2.24. The van der Waals surface area contributed by atoms with Gasteiger partial charge in [0.1, 0.15) is 11.1 Å². The van der Waals surface area contributed by atoms with Crippen molar-refractivity contribution in [1.29, 1.82) is 0 Å². The van der Waals surface area contributed by atoms with Gasteiger partial charge >= 0.3 is 0 Å². The molecule has 0 radical (unpaired) electrons. The van der Waals surface area contributed by atoms with Crippen molar-refractivity contribution in [3.63, 3.8) is 0 Å². The molecule has 1 atom stereocenters. The molecular weight excluding hydrogens is 284 g/mol. The average Bonchev–Trinajstić information content (AvgIpc) is 2.94. The zero-order valence-electron chi connectivity index (χ0n) is 13.7. The van der Waals surface area contributed by atoms with E-state index in [2.05, 4.69) is 31.1 Å². The number of ether oxygens (including phenoxy) is 2. The number of thiazole rings is 1. The van der Waals surface area contributed by atoms with E-state index in [4.69, 9.17) is 14.5 Å². The maximum Gasteiger partial charge on any atom is 0.122 e. The Kier molecular flexibility index (Phi) is 6.61. The van der Waals surface area contributed by atoms with Crippen LogP contribution < -0.4 is 0 Å². The van der Waals surface area contributed by atoms with E-state index in [1.807, 2.05) is 6.92 Å². The molecule has 21 heavy (non-hydrogen) atoms. The summed E-state index contributed by atoms with van der Waals surface area (Å²) in [7, 11) is 0. The molecule has 0 aromatic carbocycles. The quantitative estimate of drug-likeness (QED) is 0.770. The molecule has 2 rings (SSSR count). The number of nitrogens with zero attached hydrogens (tertiary/aromatic N) is 2. The van der Waals surface area contributed by atoms with Crippen LogP contribution in [0.2, 0.25) is 0 Å². The van der Waals surface area contributed by atoms with Crippen LogP contribution in [-0.4, -0.2) is 41.8 Å². The Hall–Kier alpha value is -0.490. The minimum Gasteiger partial charge on any atom is -0.381 e. The first-order valence-corrected chi connectivity index (χ1v) is 8.89. The molecule has 1 aliphatic heterocycles. The molecule has 5 heteroatoms. The fourth-order valence-electron chi connectivity index (χ4n) is 2.84. The summed E-state index contributed by atoms with van der Waals surface area (Å²) in [4.78, 5) is 7.33. The first-order chi connectivity index (χ1) is 10.1. The lowest BCUT2D eigenvalue weighted by Crippen LogP contribution is -2.43. The van der Waals surface area contributed by atoms with E-state index >= 15 is 0 Å². The minimum absolute atomic E-state index is 0.101. The maximum atomic E-state index is 5.63. The zero-order chi connectivity index (χ0) is 15.2. The number of rotatable bonds is 7. The van der Waals surface area contributed by atoms with Gasteiger partial charge in [0.15, 0.2) is 0 Å². The Bertz CT molecular complexity index is 416. The van der Waals surface area contributed by atoms with Gasteiger partial charge in [-0.15, -0.1) is 11.3 Å². The molecule has 120 valence electrons. The monoisotopic (exact) mass is 312 g/mol. The van der Waals surface area contributed by atoms with E-state index in [1.165, 1.54) is 5.69 Å². The molecule has 4 nitrogen and oxygen atoms in total. The number of hydrogen-bond acceptors (Lipinski definition) is 5. The lowest BCUT2D eigenvalue weighted by Gasteiger charge is -2.36. The van der Waals surface area contributed by atoms with E-state index in [0.29, 0.717) is 12.1 Å². The van der Waals surface area contributed by atoms with Gasteiger partial charge in [-0.1, -0.05) is 0 Å². The van der Waals surface area contributed by atoms with Crippen molar-refractivity contribution in [1.82, 2.24) is 9.88 Å². The van der Waals surface area contributed by atoms with Gasteiger partial charge in [-0.25, -0.2) is 4.98 Å². The van der Waals surface area contributed by atoms with Gasteiger partial charge in [0.25, 0.3) is 0 Å². The Labute approximate surface area is 132 Å². The summed E-state index contributed by atoms with van der Waals surface area (Å²) in [5.74, 6) is 0. The molecule has 1 aromatic rings. The standard InChI is InChI=1S/C16H28N2O2S/c1-5-20-13(4)16-17-14(11-21-16)10-18(12(2)3)15-6-8-19-9-7-15/h11-13,15H,5-10H2,1-4H3/t13-/m1/s1. The van der Waals surface area contributed by atoms with Crippen LogP contribution >= 0.6 is 11.3 Å². The van der Waals surface area contributed by atoms with Crippen LogP contribution in [0, 0.1) is 0 Å². The second kappa shape index (κ2) is 8.22. The maximum absolute atomic E-state index is 5.63. The molecular formula is C16H28N2O2S. The topological polar surface area (TPSA) is 34.6 Å². The molecule has 0 spiro atoms. The lowest BCUT2D eigenvalue weighted by molar-refractivity contribution is 0.0182. The van der Waals surface area contributed by atoms with Crippen molar-refractivity contribution in [3.05, 3.63) is 16.1 Å². The minimum atomic E-state index is 0.101. The van der Waals surface area contributed by atoms with Crippen molar-refractivity contribution < 1.29 is 9.47 Å². The summed E-state index contributed by atoms with van der Waals surface area (Å²) in [6.07, 6.45) is 2.36. The van der Waals surface area contributed by atoms with Crippen molar-refractivity contribution in [2.45, 2.75) is 65.3 Å². The second-order valence-electron chi connectivity index (χ2n) is 5.88. The zero-order valence-corrected chi connectivity index (χ0v) is 14.5. The molecule has 2 heterocycles. The van der Waals surface area contributed by atoms with Gasteiger partial charge < -0.3 is 9.47 Å². The van der Waals surface area contributed by atoms with Crippen molar-refractivity contribution in [3.8, 4) is 0 Å². The summed E-state index contributed by atoms with van der Waals surface area (Å²) in [5, 5.41) is 3.27. The van der Waals surface area contributed by atoms with Crippen LogP contribution in [-0.2, 0) is 16.0 Å². The molecule has 1 fully saturated rings. The summed E-state index contributed by atoms with van der Waals surface area (Å²) in [6.45, 7) is 12.1. The van der Waals surface area contributed by atoms with Crippen LogP contribution in [0.5, 0.6) is 0 Å². The first kappa shape index (κ1) is 16.9. The van der Waals surface area contributed by atoms with Gasteiger partial charge in [0.05, 0.1) is 5.69 Å². The molecule has 0 bridgehead atoms. The van der Waals surface area contributed by atoms with E-state index in [9.17, 15) is 0 Å². The highest BCUT2D eigenvalue weighted by Gasteiger charge is 2.24. The molecule has 0 saturated carbocycles. The third-order valence-electron chi connectivity index (χ3n) is 4.00. The highest BCUT2D eigenvalue weighted by molar-refractivity contribution is 7.09. The Morgan fingerprint density at radius 2 is 2.10 bits per heavy atom. The molecule has 0 aliphatic carbocycles. The van der Waals surface area contributed by atoms with E-state index in [1.54, 1.807) is 11.3 Å². The van der Waals surface area contributed by atoms with Crippen LogP contribution in [0.3, 0.4) is 0 Å². The largest absolute Gasteiger partial charge is 0.381 e. The first-order valence-electron chi connectivity index (χ1n) is 8.01. The van der Waals surface area contributed by atoms with Crippen LogP contribution in [0.25, 0.3) is 0 Å². The summed E-state index contributed by atoms with van der Waals surface area (Å²) in [5.41, 5.74) is 1.17. The van der Waals surface area contributed by atoms with E-state index in [-0.39, 0.29) is 6.10 Å². The van der Waals surface area contributed by atoms with Gasteiger partial charge in [0.2, 0.25) is 0 Å². The van der Waals surface area contributed by atoms with E-state index in [0.717, 1.165) is 44.2 Å². The van der Waals surface area contributed by atoms with E-state index < -0.39 is 0 Å². The molecule has 1 saturated heterocycles. The van der Waals surface area contributed by atoms with Crippen LogP contribution in [0.4, 0.5) is 0 Å². The SMILES string of the molecule is CCO[C@H](C)c1nc(CN(C(C)C)C2CCOCC2)cs1. The van der Waals surface area contributed by atoms with Crippen LogP contribution in [0.15, 0.2) is 5.38 Å². The molecule has 0 amide bonds. The van der Waals surface area contributed by atoms with Crippen molar-refractivity contribution >= 4 is 11.3 Å². The average molecular weight is 312 g/mol. The Morgan fingerprint density at radius 3 is 2.71 bits per heavy atom. The predicted molar refractivity (Wildman–Crippen MR) is 86.7 cm³/mol. The van der Waals surface area contributed by atoms with Crippen molar-refractivity contribution in [2.24, 2.45) is 0 Å². The van der Waals surface area contributed by atoms with Gasteiger partial charge in [0, 0.05) is 43.8 Å². The Balaban J connectivity index is 1.99. The molecule has 1 aliphatic rings. The van der Waals surface area contributed by atoms with Gasteiger partial charge in [-0.05, 0) is 40.5 Å². The lowest BCUT2D eigenvalue weighted by atomic mass is 10.1. The summed E-state index contributed by atoms with van der Waals surface area (Å²) < 4.78 is 11.1. The third kappa shape index (κ3) is 4.74. The predicted octanol–water partition coefficient (Wildman–Crippen LogP) is 3.63. The highest BCUT2D eigenvalue weighted by atomic mass is 32.1. The smallest absolute Gasteiger partial charge is 0.122 e. The fraction of sp³-hybridized carbons (Fsp3) is 0.812. The summed E-state index contributed by atoms with van der Waals surface area (Å²) >= 11 is 1.71. The summed E-state index contributed by atoms with van der Waals surface area (Å²) in [6, 6.07) is 1.15. The third-order valence-corrected chi connectivity index (χ3v) is 5.06. The normalized spacial score (nSPS) is 18.6. The fourth-order valence-corrected chi connectivity index (χ4v) is 3.65. The van der Waals surface area contributed by atoms with Crippen LogP contribution in [0.1, 0.15) is 57.3 Å². The van der Waals surface area contributed by atoms with Gasteiger partial charge in [-0.3, -0.25) is 4.90 Å². The number of aromatic nitrogens is 1. The van der Waals surface area contributed by atoms with Crippen molar-refractivity contribution in [2.75, 3.05) is 19.8 Å².